The number of hydrogen-bond donors (Lipinski definition) is 0. The van der Waals surface area contributed by atoms with Crippen LogP contribution >= 0.6 is 11.6 Å². The molecule has 1 aromatic rings. The predicted octanol–water partition coefficient (Wildman–Crippen LogP) is 6.49. The predicted molar refractivity (Wildman–Crippen MR) is 104 cm³/mol. The number of rotatable bonds is 14. The van der Waals surface area contributed by atoms with Gasteiger partial charge in [0.15, 0.2) is 0 Å². The lowest BCUT2D eigenvalue weighted by molar-refractivity contribution is 0.461. The van der Waals surface area contributed by atoms with Crippen molar-refractivity contribution in [3.05, 3.63) is 28.8 Å². The fourth-order valence-corrected chi connectivity index (χ4v) is 4.06. The minimum Gasteiger partial charge on any atom is -0.744 e. The van der Waals surface area contributed by atoms with Crippen LogP contribution in [0.1, 0.15) is 89.5 Å². The topological polar surface area (TPSA) is 57.2 Å². The first-order valence-electron chi connectivity index (χ1n) is 9.69. The zero-order chi connectivity index (χ0) is 18.5. The van der Waals surface area contributed by atoms with Crippen LogP contribution in [0.5, 0.6) is 0 Å². The zero-order valence-corrected chi connectivity index (χ0v) is 17.0. The van der Waals surface area contributed by atoms with Gasteiger partial charge in [0.25, 0.3) is 0 Å². The molecule has 0 atom stereocenters. The average molecular weight is 388 g/mol. The molecule has 0 amide bonds. The van der Waals surface area contributed by atoms with Crippen molar-refractivity contribution in [2.75, 3.05) is 0 Å². The molecule has 3 nitrogen and oxygen atoms in total. The lowest BCUT2D eigenvalue weighted by Gasteiger charge is -2.13. The summed E-state index contributed by atoms with van der Waals surface area (Å²) in [6, 6.07) is 4.38. The van der Waals surface area contributed by atoms with Crippen LogP contribution < -0.4 is 0 Å². The maximum absolute atomic E-state index is 11.3. The third-order valence-corrected chi connectivity index (χ3v) is 5.76. The van der Waals surface area contributed by atoms with Gasteiger partial charge in [0.1, 0.15) is 10.1 Å². The van der Waals surface area contributed by atoms with Gasteiger partial charge in [0, 0.05) is 5.02 Å². The van der Waals surface area contributed by atoms with Gasteiger partial charge in [-0.1, -0.05) is 89.2 Å². The molecule has 0 bridgehead atoms. The van der Waals surface area contributed by atoms with E-state index in [0.717, 1.165) is 19.3 Å². The summed E-state index contributed by atoms with van der Waals surface area (Å²) in [5.41, 5.74) is 0.551. The molecule has 0 fully saturated rings. The van der Waals surface area contributed by atoms with Gasteiger partial charge in [-0.2, -0.15) is 0 Å². The molecule has 0 saturated carbocycles. The molecule has 1 aromatic carbocycles. The molecule has 0 heterocycles. The third-order valence-electron chi connectivity index (χ3n) is 4.59. The molecule has 0 aromatic heterocycles. The summed E-state index contributed by atoms with van der Waals surface area (Å²) < 4.78 is 33.9. The van der Waals surface area contributed by atoms with E-state index < -0.39 is 10.1 Å². The third kappa shape index (κ3) is 10.2. The first-order valence-corrected chi connectivity index (χ1v) is 11.5. The maximum atomic E-state index is 11.3. The maximum Gasteiger partial charge on any atom is 0.124 e. The summed E-state index contributed by atoms with van der Waals surface area (Å²) in [4.78, 5) is -0.125. The van der Waals surface area contributed by atoms with Crippen LogP contribution in [0.15, 0.2) is 23.1 Å². The van der Waals surface area contributed by atoms with Crippen molar-refractivity contribution in [2.45, 2.75) is 95.3 Å². The van der Waals surface area contributed by atoms with Crippen molar-refractivity contribution in [1.82, 2.24) is 0 Å². The Balaban J connectivity index is 2.13. The van der Waals surface area contributed by atoms with Crippen LogP contribution in [0.25, 0.3) is 0 Å². The van der Waals surface area contributed by atoms with E-state index in [9.17, 15) is 13.0 Å². The van der Waals surface area contributed by atoms with Crippen molar-refractivity contribution >= 4 is 21.7 Å². The summed E-state index contributed by atoms with van der Waals surface area (Å²) in [5, 5.41) is 0.473. The summed E-state index contributed by atoms with van der Waals surface area (Å²) in [6.45, 7) is 2.24. The van der Waals surface area contributed by atoms with E-state index in [-0.39, 0.29) is 4.90 Å². The Morgan fingerprint density at radius 2 is 1.32 bits per heavy atom. The normalized spacial score (nSPS) is 11.8. The van der Waals surface area contributed by atoms with E-state index in [1.165, 1.54) is 69.9 Å². The minimum absolute atomic E-state index is 0.125. The molecule has 5 heteroatoms. The Morgan fingerprint density at radius 3 is 1.80 bits per heavy atom. The van der Waals surface area contributed by atoms with Crippen LogP contribution in [-0.2, 0) is 16.5 Å². The van der Waals surface area contributed by atoms with Crippen LogP contribution in [0.3, 0.4) is 0 Å². The lowest BCUT2D eigenvalue weighted by Crippen LogP contribution is -2.03. The Labute approximate surface area is 158 Å². The van der Waals surface area contributed by atoms with Crippen LogP contribution in [0.2, 0.25) is 5.02 Å². The smallest absolute Gasteiger partial charge is 0.124 e. The van der Waals surface area contributed by atoms with Crippen LogP contribution in [0.4, 0.5) is 0 Å². The van der Waals surface area contributed by atoms with Crippen LogP contribution in [0, 0.1) is 0 Å². The standard InChI is InChI=1S/C20H33ClO3S/c1-2-3-4-5-6-7-8-9-10-11-12-13-14-18-17-19(21)15-16-20(18)25(22,23)24/h15-17H,2-14H2,1H3,(H,22,23,24)/p-1. The fourth-order valence-electron chi connectivity index (χ4n) is 3.14. The second kappa shape index (κ2) is 12.7. The van der Waals surface area contributed by atoms with E-state index in [2.05, 4.69) is 6.92 Å². The average Bonchev–Trinajstić information content (AvgIpc) is 2.55. The molecule has 0 aliphatic heterocycles. The van der Waals surface area contributed by atoms with Crippen LogP contribution in [-0.4, -0.2) is 13.0 Å². The number of unbranched alkanes of at least 4 members (excludes halogenated alkanes) is 11. The van der Waals surface area contributed by atoms with Crippen molar-refractivity contribution < 1.29 is 13.0 Å². The molecule has 0 spiro atoms. The highest BCUT2D eigenvalue weighted by Gasteiger charge is 2.09. The number of benzene rings is 1. The van der Waals surface area contributed by atoms with E-state index in [1.54, 1.807) is 6.07 Å². The first-order chi connectivity index (χ1) is 11.9. The van der Waals surface area contributed by atoms with Crippen molar-refractivity contribution in [3.63, 3.8) is 0 Å². The molecule has 0 saturated heterocycles. The highest BCUT2D eigenvalue weighted by molar-refractivity contribution is 7.85. The highest BCUT2D eigenvalue weighted by atomic mass is 35.5. The van der Waals surface area contributed by atoms with Crippen molar-refractivity contribution in [1.29, 1.82) is 0 Å². The number of aryl methyl sites for hydroxylation is 1. The number of hydrogen-bond acceptors (Lipinski definition) is 3. The number of halogens is 1. The van der Waals surface area contributed by atoms with Gasteiger partial charge in [-0.15, -0.1) is 0 Å². The molecule has 144 valence electrons. The molecule has 1 rings (SSSR count). The van der Waals surface area contributed by atoms with Gasteiger partial charge in [-0.3, -0.25) is 0 Å². The van der Waals surface area contributed by atoms with Gasteiger partial charge in [-0.25, -0.2) is 8.42 Å². The summed E-state index contributed by atoms with van der Waals surface area (Å²) in [6.07, 6.45) is 15.7. The Hall–Kier alpha value is -0.580. The second-order valence-corrected chi connectivity index (χ2v) is 8.63. The van der Waals surface area contributed by atoms with E-state index in [4.69, 9.17) is 11.6 Å². The Kier molecular flexibility index (Phi) is 11.4. The van der Waals surface area contributed by atoms with Crippen molar-refractivity contribution in [2.24, 2.45) is 0 Å². The first kappa shape index (κ1) is 22.5. The molecule has 0 aliphatic rings. The van der Waals surface area contributed by atoms with Gasteiger partial charge < -0.3 is 4.55 Å². The molecule has 0 aliphatic carbocycles. The van der Waals surface area contributed by atoms with Gasteiger partial charge in [-0.05, 0) is 36.6 Å². The van der Waals surface area contributed by atoms with E-state index in [1.807, 2.05) is 0 Å². The van der Waals surface area contributed by atoms with Crippen molar-refractivity contribution in [3.8, 4) is 0 Å². The zero-order valence-electron chi connectivity index (χ0n) is 15.4. The lowest BCUT2D eigenvalue weighted by atomic mass is 10.0. The second-order valence-electron chi connectivity index (χ2n) is 6.85. The molecule has 0 N–H and O–H groups in total. The van der Waals surface area contributed by atoms with Gasteiger partial charge in [0.05, 0.1) is 4.90 Å². The SMILES string of the molecule is CCCCCCCCCCCCCCc1cc(Cl)ccc1S(=O)(=O)[O-]. The minimum atomic E-state index is -4.43. The van der Waals surface area contributed by atoms with E-state index >= 15 is 0 Å². The monoisotopic (exact) mass is 387 g/mol. The molecule has 25 heavy (non-hydrogen) atoms. The molecule has 0 radical (unpaired) electrons. The fraction of sp³-hybridized carbons (Fsp3) is 0.700. The quantitative estimate of drug-likeness (QED) is 0.271. The van der Waals surface area contributed by atoms with Gasteiger partial charge in [0.2, 0.25) is 0 Å². The Morgan fingerprint density at radius 1 is 0.840 bits per heavy atom. The Bertz CT molecular complexity index is 585. The molecule has 0 unspecified atom stereocenters. The largest absolute Gasteiger partial charge is 0.744 e. The summed E-state index contributed by atoms with van der Waals surface area (Å²) >= 11 is 5.92. The molecular weight excluding hydrogens is 356 g/mol. The summed E-state index contributed by atoms with van der Waals surface area (Å²) in [5.74, 6) is 0. The van der Waals surface area contributed by atoms with Gasteiger partial charge >= 0.3 is 0 Å². The highest BCUT2D eigenvalue weighted by Crippen LogP contribution is 2.22. The van der Waals surface area contributed by atoms with E-state index in [0.29, 0.717) is 17.0 Å². The molecular formula is C20H32ClO3S-. The summed E-state index contributed by atoms with van der Waals surface area (Å²) in [7, 11) is -4.43.